The number of hydrogen-bond acceptors (Lipinski definition) is 4. The number of imide groups is 1. The Bertz CT molecular complexity index is 648. The Morgan fingerprint density at radius 3 is 2.86 bits per heavy atom. The van der Waals surface area contributed by atoms with Crippen molar-refractivity contribution >= 4 is 35.6 Å². The van der Waals surface area contributed by atoms with Crippen molar-refractivity contribution in [2.45, 2.75) is 0 Å². The number of halogens is 2. The van der Waals surface area contributed by atoms with Crippen LogP contribution in [0.25, 0.3) is 6.08 Å². The van der Waals surface area contributed by atoms with Crippen molar-refractivity contribution < 1.29 is 23.5 Å². The molecule has 0 aromatic heterocycles. The van der Waals surface area contributed by atoms with Crippen molar-refractivity contribution in [1.29, 1.82) is 0 Å². The van der Waals surface area contributed by atoms with E-state index in [1.165, 1.54) is 24.3 Å². The molecular weight excluding hydrogens is 315 g/mol. The van der Waals surface area contributed by atoms with E-state index in [1.807, 2.05) is 0 Å². The molecule has 1 aromatic carbocycles. The lowest BCUT2D eigenvalue weighted by molar-refractivity contribution is -0.146. The molecule has 1 heterocycles. The average molecular weight is 327 g/mol. The lowest BCUT2D eigenvalue weighted by Crippen LogP contribution is -2.37. The maximum absolute atomic E-state index is 13.0. The monoisotopic (exact) mass is 326 g/mol. The van der Waals surface area contributed by atoms with E-state index < -0.39 is 30.3 Å². The Hall–Kier alpha value is -2.41. The van der Waals surface area contributed by atoms with Crippen LogP contribution in [0, 0.1) is 5.82 Å². The highest BCUT2D eigenvalue weighted by Gasteiger charge is 2.26. The van der Waals surface area contributed by atoms with Gasteiger partial charge in [-0.25, -0.2) is 14.0 Å². The third-order valence-electron chi connectivity index (χ3n) is 2.85. The molecule has 1 aliphatic rings. The highest BCUT2D eigenvalue weighted by atomic mass is 35.5. The van der Waals surface area contributed by atoms with E-state index in [1.54, 1.807) is 0 Å². The summed E-state index contributed by atoms with van der Waals surface area (Å²) in [4.78, 5) is 35.3. The predicted octanol–water partition coefficient (Wildman–Crippen LogP) is 1.59. The largest absolute Gasteiger partial charge is 0.452 e. The second kappa shape index (κ2) is 7.04. The number of esters is 1. The summed E-state index contributed by atoms with van der Waals surface area (Å²) in [5.74, 6) is -1.91. The summed E-state index contributed by atoms with van der Waals surface area (Å²) in [5.41, 5.74) is 0.508. The first-order valence-corrected chi connectivity index (χ1v) is 6.73. The van der Waals surface area contributed by atoms with Gasteiger partial charge in [-0.15, -0.1) is 0 Å². The van der Waals surface area contributed by atoms with Crippen LogP contribution in [0.2, 0.25) is 5.02 Å². The number of carbonyl (C=O) groups excluding carboxylic acids is 3. The van der Waals surface area contributed by atoms with Crippen LogP contribution in [0.3, 0.4) is 0 Å². The van der Waals surface area contributed by atoms with Gasteiger partial charge in [0.05, 0.1) is 5.02 Å². The maximum Gasteiger partial charge on any atom is 0.331 e. The average Bonchev–Trinajstić information content (AvgIpc) is 2.92. The van der Waals surface area contributed by atoms with E-state index in [9.17, 15) is 18.8 Å². The van der Waals surface area contributed by atoms with Crippen molar-refractivity contribution in [1.82, 2.24) is 10.2 Å². The van der Waals surface area contributed by atoms with Crippen molar-refractivity contribution in [3.05, 3.63) is 40.7 Å². The zero-order valence-electron chi connectivity index (χ0n) is 11.3. The summed E-state index contributed by atoms with van der Waals surface area (Å²) in [6.45, 7) is 0.101. The van der Waals surface area contributed by atoms with E-state index in [2.05, 4.69) is 5.32 Å². The van der Waals surface area contributed by atoms with Gasteiger partial charge in [-0.05, 0) is 23.8 Å². The molecule has 22 heavy (non-hydrogen) atoms. The predicted molar refractivity (Wildman–Crippen MR) is 76.5 cm³/mol. The molecule has 0 bridgehead atoms. The molecule has 116 valence electrons. The molecule has 0 unspecified atom stereocenters. The molecule has 0 atom stereocenters. The molecule has 0 radical (unpaired) electrons. The fourth-order valence-electron chi connectivity index (χ4n) is 1.75. The summed E-state index contributed by atoms with van der Waals surface area (Å²) in [6, 6.07) is 3.45. The van der Waals surface area contributed by atoms with Gasteiger partial charge in [-0.1, -0.05) is 17.7 Å². The number of urea groups is 1. The fraction of sp³-hybridized carbons (Fsp3) is 0.214. The van der Waals surface area contributed by atoms with Gasteiger partial charge in [0.25, 0.3) is 5.91 Å². The molecule has 0 aliphatic carbocycles. The second-order valence-corrected chi connectivity index (χ2v) is 4.80. The molecule has 8 heteroatoms. The summed E-state index contributed by atoms with van der Waals surface area (Å²) < 4.78 is 17.7. The summed E-state index contributed by atoms with van der Waals surface area (Å²) >= 11 is 5.61. The van der Waals surface area contributed by atoms with Crippen molar-refractivity contribution in [3.63, 3.8) is 0 Å². The van der Waals surface area contributed by atoms with Crippen molar-refractivity contribution in [2.75, 3.05) is 19.7 Å². The summed E-state index contributed by atoms with van der Waals surface area (Å²) in [5, 5.41) is 2.40. The lowest BCUT2D eigenvalue weighted by atomic mass is 10.2. The number of hydrogen-bond donors (Lipinski definition) is 1. The molecule has 6 nitrogen and oxygen atoms in total. The van der Waals surface area contributed by atoms with Gasteiger partial charge in [-0.3, -0.25) is 9.69 Å². The standard InChI is InChI=1S/C14H12ClFN2O4/c15-10-7-9(1-3-11(10)16)2-4-13(20)22-8-12(19)18-6-5-17-14(18)21/h1-4,7H,5-6,8H2,(H,17,21)/b4-2+. The zero-order chi connectivity index (χ0) is 16.1. The molecule has 2 rings (SSSR count). The Morgan fingerprint density at radius 1 is 1.45 bits per heavy atom. The summed E-state index contributed by atoms with van der Waals surface area (Å²) in [7, 11) is 0. The SMILES string of the molecule is O=C(/C=C/c1ccc(F)c(Cl)c1)OCC(=O)N1CCNC1=O. The molecule has 1 N–H and O–H groups in total. The molecule has 0 saturated carbocycles. The first-order chi connectivity index (χ1) is 10.5. The number of rotatable bonds is 4. The molecule has 3 amide bonds. The molecule has 0 spiro atoms. The highest BCUT2D eigenvalue weighted by molar-refractivity contribution is 6.30. The minimum Gasteiger partial charge on any atom is -0.452 e. The normalized spacial score (nSPS) is 14.3. The number of nitrogens with one attached hydrogen (secondary N) is 1. The van der Waals surface area contributed by atoms with Crippen LogP contribution in [0.1, 0.15) is 5.56 Å². The van der Waals surface area contributed by atoms with Crippen LogP contribution >= 0.6 is 11.6 Å². The van der Waals surface area contributed by atoms with Crippen LogP contribution in [-0.4, -0.2) is 42.5 Å². The van der Waals surface area contributed by atoms with E-state index in [0.29, 0.717) is 12.1 Å². The minimum atomic E-state index is -0.756. The van der Waals surface area contributed by atoms with Crippen molar-refractivity contribution in [2.24, 2.45) is 0 Å². The number of ether oxygens (including phenoxy) is 1. The van der Waals surface area contributed by atoms with Gasteiger partial charge >= 0.3 is 12.0 Å². The molecular formula is C14H12ClFN2O4. The quantitative estimate of drug-likeness (QED) is 0.673. The number of carbonyl (C=O) groups is 3. The smallest absolute Gasteiger partial charge is 0.331 e. The third-order valence-corrected chi connectivity index (χ3v) is 3.14. The number of amides is 3. The van der Waals surface area contributed by atoms with Gasteiger partial charge in [0.15, 0.2) is 6.61 Å². The van der Waals surface area contributed by atoms with Gasteiger partial charge in [-0.2, -0.15) is 0 Å². The molecule has 1 saturated heterocycles. The van der Waals surface area contributed by atoms with E-state index in [-0.39, 0.29) is 11.6 Å². The van der Waals surface area contributed by atoms with E-state index in [0.717, 1.165) is 11.0 Å². The first kappa shape index (κ1) is 16.0. The second-order valence-electron chi connectivity index (χ2n) is 4.39. The Balaban J connectivity index is 1.84. The first-order valence-electron chi connectivity index (χ1n) is 6.35. The van der Waals surface area contributed by atoms with Gasteiger partial charge < -0.3 is 10.1 Å². The topological polar surface area (TPSA) is 75.7 Å². The van der Waals surface area contributed by atoms with Crippen LogP contribution in [0.4, 0.5) is 9.18 Å². The van der Waals surface area contributed by atoms with Gasteiger partial charge in [0, 0.05) is 19.2 Å². The van der Waals surface area contributed by atoms with Crippen LogP contribution < -0.4 is 5.32 Å². The Morgan fingerprint density at radius 2 is 2.23 bits per heavy atom. The fourth-order valence-corrected chi connectivity index (χ4v) is 1.94. The summed E-state index contributed by atoms with van der Waals surface area (Å²) in [6.07, 6.45) is 2.46. The van der Waals surface area contributed by atoms with Gasteiger partial charge in [0.2, 0.25) is 0 Å². The van der Waals surface area contributed by atoms with E-state index >= 15 is 0 Å². The minimum absolute atomic E-state index is 0.0641. The molecule has 1 aliphatic heterocycles. The zero-order valence-corrected chi connectivity index (χ0v) is 12.1. The Kier molecular flexibility index (Phi) is 5.11. The Labute approximate surface area is 130 Å². The maximum atomic E-state index is 13.0. The van der Waals surface area contributed by atoms with Crippen LogP contribution in [0.15, 0.2) is 24.3 Å². The third kappa shape index (κ3) is 4.05. The number of nitrogens with zero attached hydrogens (tertiary/aromatic N) is 1. The molecule has 1 aromatic rings. The van der Waals surface area contributed by atoms with Gasteiger partial charge in [0.1, 0.15) is 5.82 Å². The van der Waals surface area contributed by atoms with Crippen molar-refractivity contribution in [3.8, 4) is 0 Å². The van der Waals surface area contributed by atoms with E-state index in [4.69, 9.17) is 16.3 Å². The lowest BCUT2D eigenvalue weighted by Gasteiger charge is -2.11. The highest BCUT2D eigenvalue weighted by Crippen LogP contribution is 2.16. The van der Waals surface area contributed by atoms with Crippen LogP contribution in [0.5, 0.6) is 0 Å². The molecule has 1 fully saturated rings. The number of benzene rings is 1. The van der Waals surface area contributed by atoms with Crippen LogP contribution in [-0.2, 0) is 14.3 Å².